The van der Waals surface area contributed by atoms with Crippen LogP contribution in [-0.2, 0) is 18.3 Å². The number of carbonyl (C=O) groups is 1. The second-order valence-electron chi connectivity index (χ2n) is 7.50. The first kappa shape index (κ1) is 14.6. The summed E-state index contributed by atoms with van der Waals surface area (Å²) in [5, 5.41) is 10.6. The number of aliphatic hydroxyl groups is 1. The molecule has 1 N–H and O–H groups in total. The zero-order valence-electron chi connectivity index (χ0n) is 13.2. The van der Waals surface area contributed by atoms with Gasteiger partial charge in [0.15, 0.2) is 0 Å². The third-order valence-corrected chi connectivity index (χ3v) is 4.92. The van der Waals surface area contributed by atoms with Gasteiger partial charge in [0.25, 0.3) is 5.91 Å². The minimum Gasteiger partial charge on any atom is -0.380 e. The number of hydrogen-bond donors (Lipinski definition) is 1. The molecule has 1 aromatic rings. The Balaban J connectivity index is 1.70. The first-order valence-corrected chi connectivity index (χ1v) is 7.80. The third kappa shape index (κ3) is 2.59. The van der Waals surface area contributed by atoms with E-state index in [1.165, 1.54) is 0 Å². The van der Waals surface area contributed by atoms with E-state index in [2.05, 4.69) is 18.8 Å². The highest BCUT2D eigenvalue weighted by molar-refractivity contribution is 5.86. The summed E-state index contributed by atoms with van der Waals surface area (Å²) in [4.78, 5) is 19.0. The van der Waals surface area contributed by atoms with E-state index in [9.17, 15) is 9.90 Å². The van der Waals surface area contributed by atoms with Crippen LogP contribution in [0.3, 0.4) is 0 Å². The predicted molar refractivity (Wildman–Crippen MR) is 79.6 cm³/mol. The molecule has 2 fully saturated rings. The van der Waals surface area contributed by atoms with Crippen LogP contribution in [0.5, 0.6) is 0 Å². The van der Waals surface area contributed by atoms with Crippen LogP contribution in [0.4, 0.5) is 0 Å². The monoisotopic (exact) mass is 291 g/mol. The van der Waals surface area contributed by atoms with Gasteiger partial charge in [0.05, 0.1) is 0 Å². The molecule has 0 unspecified atom stereocenters. The van der Waals surface area contributed by atoms with Crippen LogP contribution in [0.1, 0.15) is 45.4 Å². The molecule has 3 rings (SSSR count). The highest BCUT2D eigenvalue weighted by atomic mass is 16.3. The third-order valence-electron chi connectivity index (χ3n) is 4.92. The Labute approximate surface area is 126 Å². The average Bonchev–Trinajstić information content (AvgIpc) is 2.96. The smallest absolute Gasteiger partial charge is 0.254 e. The van der Waals surface area contributed by atoms with Gasteiger partial charge in [-0.3, -0.25) is 4.79 Å². The van der Waals surface area contributed by atoms with Crippen LogP contribution in [0, 0.1) is 5.41 Å². The standard InChI is InChI=1S/C16H25N3O2/c1-15(2)10-16(21,11-15)14(20)19-7-4-5-12(19)9-13-17-6-8-18(13)3/h6,8,12,21H,4-5,7,9-11H2,1-3H3/t12-/m0/s1. The van der Waals surface area contributed by atoms with Crippen LogP contribution in [0.2, 0.25) is 0 Å². The molecule has 0 aromatic carbocycles. The van der Waals surface area contributed by atoms with Crippen molar-refractivity contribution in [3.05, 3.63) is 18.2 Å². The lowest BCUT2D eigenvalue weighted by atomic mass is 9.61. The molecule has 0 bridgehead atoms. The summed E-state index contributed by atoms with van der Waals surface area (Å²) in [5.41, 5.74) is -1.05. The minimum absolute atomic E-state index is 0.0708. The summed E-state index contributed by atoms with van der Waals surface area (Å²) in [7, 11) is 1.98. The lowest BCUT2D eigenvalue weighted by Crippen LogP contribution is -2.60. The van der Waals surface area contributed by atoms with Crippen molar-refractivity contribution >= 4 is 5.91 Å². The number of imidazole rings is 1. The Morgan fingerprint density at radius 3 is 2.76 bits per heavy atom. The maximum atomic E-state index is 12.7. The summed E-state index contributed by atoms with van der Waals surface area (Å²) in [6, 6.07) is 0.173. The van der Waals surface area contributed by atoms with E-state index in [0.717, 1.165) is 31.6 Å². The Morgan fingerprint density at radius 1 is 1.48 bits per heavy atom. The van der Waals surface area contributed by atoms with Crippen molar-refractivity contribution in [3.63, 3.8) is 0 Å². The van der Waals surface area contributed by atoms with E-state index in [-0.39, 0.29) is 17.4 Å². The summed E-state index contributed by atoms with van der Waals surface area (Å²) in [6.45, 7) is 4.96. The van der Waals surface area contributed by atoms with Crippen LogP contribution >= 0.6 is 0 Å². The maximum absolute atomic E-state index is 12.7. The van der Waals surface area contributed by atoms with Crippen molar-refractivity contribution < 1.29 is 9.90 Å². The second kappa shape index (κ2) is 4.83. The minimum atomic E-state index is -1.13. The molecule has 1 aromatic heterocycles. The quantitative estimate of drug-likeness (QED) is 0.918. The molecule has 0 radical (unpaired) electrons. The van der Waals surface area contributed by atoms with Gasteiger partial charge in [-0.05, 0) is 31.1 Å². The van der Waals surface area contributed by atoms with Crippen LogP contribution in [-0.4, -0.2) is 43.7 Å². The molecular weight excluding hydrogens is 266 g/mol. The molecule has 1 aliphatic carbocycles. The largest absolute Gasteiger partial charge is 0.380 e. The van der Waals surface area contributed by atoms with Crippen molar-refractivity contribution in [2.24, 2.45) is 12.5 Å². The first-order chi connectivity index (χ1) is 9.81. The number of aromatic nitrogens is 2. The molecule has 2 aliphatic rings. The number of aryl methyl sites for hydroxylation is 1. The Morgan fingerprint density at radius 2 is 2.19 bits per heavy atom. The number of likely N-dealkylation sites (tertiary alicyclic amines) is 1. The number of carbonyl (C=O) groups excluding carboxylic acids is 1. The van der Waals surface area contributed by atoms with Crippen molar-refractivity contribution in [3.8, 4) is 0 Å². The summed E-state index contributed by atoms with van der Waals surface area (Å²) < 4.78 is 2.00. The van der Waals surface area contributed by atoms with Gasteiger partial charge in [0.1, 0.15) is 11.4 Å². The predicted octanol–water partition coefficient (Wildman–Crippen LogP) is 1.50. The van der Waals surface area contributed by atoms with Gasteiger partial charge in [0, 0.05) is 38.4 Å². The Hall–Kier alpha value is -1.36. The summed E-state index contributed by atoms with van der Waals surface area (Å²) >= 11 is 0. The molecule has 21 heavy (non-hydrogen) atoms. The molecule has 1 saturated carbocycles. The molecule has 2 heterocycles. The normalized spacial score (nSPS) is 26.7. The zero-order chi connectivity index (χ0) is 15.3. The molecule has 1 saturated heterocycles. The van der Waals surface area contributed by atoms with Gasteiger partial charge < -0.3 is 14.6 Å². The van der Waals surface area contributed by atoms with Crippen molar-refractivity contribution in [1.82, 2.24) is 14.5 Å². The summed E-state index contributed by atoms with van der Waals surface area (Å²) in [6.07, 6.45) is 7.65. The molecule has 0 spiro atoms. The molecule has 1 aliphatic heterocycles. The number of nitrogens with zero attached hydrogens (tertiary/aromatic N) is 3. The number of hydrogen-bond acceptors (Lipinski definition) is 3. The fraction of sp³-hybridized carbons (Fsp3) is 0.750. The summed E-state index contributed by atoms with van der Waals surface area (Å²) in [5.74, 6) is 0.930. The fourth-order valence-electron chi connectivity index (χ4n) is 4.07. The van der Waals surface area contributed by atoms with E-state index in [1.54, 1.807) is 6.20 Å². The zero-order valence-corrected chi connectivity index (χ0v) is 13.2. The first-order valence-electron chi connectivity index (χ1n) is 7.80. The Bertz CT molecular complexity index is 541. The van der Waals surface area contributed by atoms with E-state index in [1.807, 2.05) is 22.7 Å². The lowest BCUT2D eigenvalue weighted by Gasteiger charge is -2.50. The molecular formula is C16H25N3O2. The highest BCUT2D eigenvalue weighted by Gasteiger charge is 2.55. The van der Waals surface area contributed by atoms with Gasteiger partial charge in [-0.15, -0.1) is 0 Å². The number of amides is 1. The fourth-order valence-corrected chi connectivity index (χ4v) is 4.07. The highest BCUT2D eigenvalue weighted by Crippen LogP contribution is 2.49. The van der Waals surface area contributed by atoms with Gasteiger partial charge in [-0.1, -0.05) is 13.8 Å². The van der Waals surface area contributed by atoms with E-state index in [0.29, 0.717) is 12.8 Å². The molecule has 116 valence electrons. The van der Waals surface area contributed by atoms with Crippen LogP contribution in [0.15, 0.2) is 12.4 Å². The van der Waals surface area contributed by atoms with E-state index < -0.39 is 5.60 Å². The van der Waals surface area contributed by atoms with Gasteiger partial charge in [-0.25, -0.2) is 4.98 Å². The molecule has 1 amide bonds. The van der Waals surface area contributed by atoms with Gasteiger partial charge >= 0.3 is 0 Å². The molecule has 1 atom stereocenters. The van der Waals surface area contributed by atoms with Gasteiger partial charge in [0.2, 0.25) is 0 Å². The molecule has 5 heteroatoms. The van der Waals surface area contributed by atoms with Crippen molar-refractivity contribution in [2.75, 3.05) is 6.54 Å². The lowest BCUT2D eigenvalue weighted by molar-refractivity contribution is -0.176. The van der Waals surface area contributed by atoms with Crippen LogP contribution in [0.25, 0.3) is 0 Å². The van der Waals surface area contributed by atoms with Crippen molar-refractivity contribution in [1.29, 1.82) is 0 Å². The van der Waals surface area contributed by atoms with Crippen LogP contribution < -0.4 is 0 Å². The van der Waals surface area contributed by atoms with E-state index >= 15 is 0 Å². The topological polar surface area (TPSA) is 58.4 Å². The maximum Gasteiger partial charge on any atom is 0.254 e. The Kier molecular flexibility index (Phi) is 3.35. The number of rotatable bonds is 3. The second-order valence-corrected chi connectivity index (χ2v) is 7.50. The SMILES string of the molecule is Cn1ccnc1C[C@@H]1CCCN1C(=O)C1(O)CC(C)(C)C1. The molecule has 5 nitrogen and oxygen atoms in total. The average molecular weight is 291 g/mol. The van der Waals surface area contributed by atoms with Crippen molar-refractivity contribution in [2.45, 2.75) is 57.6 Å². The van der Waals surface area contributed by atoms with Gasteiger partial charge in [-0.2, -0.15) is 0 Å². The van der Waals surface area contributed by atoms with E-state index in [4.69, 9.17) is 0 Å².